The van der Waals surface area contributed by atoms with E-state index in [4.69, 9.17) is 16.0 Å². The number of rotatable bonds is 4. The zero-order valence-electron chi connectivity index (χ0n) is 8.59. The van der Waals surface area contributed by atoms with Gasteiger partial charge < -0.3 is 9.73 Å². The van der Waals surface area contributed by atoms with Gasteiger partial charge in [-0.1, -0.05) is 11.6 Å². The van der Waals surface area contributed by atoms with E-state index in [1.54, 1.807) is 12.3 Å². The van der Waals surface area contributed by atoms with Crippen LogP contribution in [0.1, 0.15) is 5.76 Å². The molecule has 1 aromatic heterocycles. The monoisotopic (exact) mass is 253 g/mol. The molecular weight excluding hydrogens is 246 g/mol. The van der Waals surface area contributed by atoms with Gasteiger partial charge >= 0.3 is 0 Å². The molecule has 0 bridgehead atoms. The molecule has 0 saturated heterocycles. The minimum absolute atomic E-state index is 0.0415. The van der Waals surface area contributed by atoms with Crippen LogP contribution in [0.15, 0.2) is 35.2 Å². The van der Waals surface area contributed by atoms with Crippen molar-refractivity contribution in [3.05, 3.63) is 51.7 Å². The number of benzene rings is 1. The zero-order valence-corrected chi connectivity index (χ0v) is 9.35. The zero-order chi connectivity index (χ0) is 12.3. The van der Waals surface area contributed by atoms with Crippen LogP contribution in [0.25, 0.3) is 0 Å². The molecule has 0 radical (unpaired) electrons. The fourth-order valence-corrected chi connectivity index (χ4v) is 1.51. The number of hydrogen-bond acceptors (Lipinski definition) is 5. The van der Waals surface area contributed by atoms with E-state index in [2.05, 4.69) is 10.3 Å². The number of anilines is 1. The Hall–Kier alpha value is -2.08. The maximum absolute atomic E-state index is 10.5. The summed E-state index contributed by atoms with van der Waals surface area (Å²) in [5.41, 5.74) is 0.564. The number of halogens is 1. The Balaban J connectivity index is 2.09. The average Bonchev–Trinajstić information content (AvgIpc) is 2.80. The number of nitro groups is 1. The Bertz CT molecular complexity index is 528. The molecule has 0 aliphatic rings. The van der Waals surface area contributed by atoms with Crippen LogP contribution in [0.3, 0.4) is 0 Å². The largest absolute Gasteiger partial charge is 0.447 e. The summed E-state index contributed by atoms with van der Waals surface area (Å²) in [5, 5.41) is 13.8. The van der Waals surface area contributed by atoms with Crippen molar-refractivity contribution in [3.8, 4) is 0 Å². The number of nitrogens with zero attached hydrogens (tertiary/aromatic N) is 2. The van der Waals surface area contributed by atoms with Gasteiger partial charge in [0.15, 0.2) is 6.39 Å². The summed E-state index contributed by atoms with van der Waals surface area (Å²) in [6.45, 7) is 0.414. The van der Waals surface area contributed by atoms with Gasteiger partial charge in [-0.15, -0.1) is 0 Å². The van der Waals surface area contributed by atoms with Gasteiger partial charge in [0.1, 0.15) is 5.76 Å². The van der Waals surface area contributed by atoms with E-state index in [0.717, 1.165) is 0 Å². The summed E-state index contributed by atoms with van der Waals surface area (Å²) in [6, 6.07) is 4.23. The summed E-state index contributed by atoms with van der Waals surface area (Å²) in [4.78, 5) is 13.8. The molecule has 0 unspecified atom stereocenters. The maximum Gasteiger partial charge on any atom is 0.271 e. The van der Waals surface area contributed by atoms with Gasteiger partial charge in [0, 0.05) is 12.1 Å². The molecule has 88 valence electrons. The lowest BCUT2D eigenvalue weighted by Gasteiger charge is -2.05. The summed E-state index contributed by atoms with van der Waals surface area (Å²) in [7, 11) is 0. The Morgan fingerprint density at radius 1 is 1.53 bits per heavy atom. The number of hydrogen-bond donors (Lipinski definition) is 1. The third-order valence-corrected chi connectivity index (χ3v) is 2.41. The van der Waals surface area contributed by atoms with Crippen LogP contribution in [0, 0.1) is 10.1 Å². The van der Waals surface area contributed by atoms with E-state index < -0.39 is 4.92 Å². The van der Waals surface area contributed by atoms with Crippen molar-refractivity contribution < 1.29 is 9.34 Å². The Morgan fingerprint density at radius 2 is 2.35 bits per heavy atom. The van der Waals surface area contributed by atoms with Gasteiger partial charge in [-0.05, 0) is 6.07 Å². The van der Waals surface area contributed by atoms with Crippen LogP contribution in [-0.4, -0.2) is 9.91 Å². The lowest BCUT2D eigenvalue weighted by atomic mass is 10.3. The minimum atomic E-state index is -0.494. The second kappa shape index (κ2) is 4.84. The third-order valence-electron chi connectivity index (χ3n) is 2.10. The molecule has 1 aromatic carbocycles. The molecule has 2 aromatic rings. The van der Waals surface area contributed by atoms with Crippen molar-refractivity contribution in [2.75, 3.05) is 5.32 Å². The van der Waals surface area contributed by atoms with Gasteiger partial charge in [-0.25, -0.2) is 4.98 Å². The van der Waals surface area contributed by atoms with E-state index >= 15 is 0 Å². The first-order valence-electron chi connectivity index (χ1n) is 4.72. The molecule has 0 amide bonds. The van der Waals surface area contributed by atoms with E-state index in [1.807, 2.05) is 0 Å². The Kier molecular flexibility index (Phi) is 3.24. The van der Waals surface area contributed by atoms with E-state index in [1.165, 1.54) is 18.5 Å². The van der Waals surface area contributed by atoms with Crippen LogP contribution < -0.4 is 5.32 Å². The molecule has 1 N–H and O–H groups in total. The van der Waals surface area contributed by atoms with E-state index in [9.17, 15) is 10.1 Å². The van der Waals surface area contributed by atoms with Crippen LogP contribution in [0.5, 0.6) is 0 Å². The lowest BCUT2D eigenvalue weighted by Crippen LogP contribution is -1.99. The highest BCUT2D eigenvalue weighted by molar-refractivity contribution is 6.33. The number of aromatic nitrogens is 1. The van der Waals surface area contributed by atoms with Gasteiger partial charge in [-0.2, -0.15) is 0 Å². The SMILES string of the molecule is O=[N+]([O-])c1ccc(NCc2cnco2)c(Cl)c1. The number of oxazole rings is 1. The fourth-order valence-electron chi connectivity index (χ4n) is 1.27. The smallest absolute Gasteiger partial charge is 0.271 e. The van der Waals surface area contributed by atoms with Crippen molar-refractivity contribution in [1.29, 1.82) is 0 Å². The van der Waals surface area contributed by atoms with Crippen LogP contribution in [-0.2, 0) is 6.54 Å². The van der Waals surface area contributed by atoms with E-state index in [-0.39, 0.29) is 5.69 Å². The number of non-ortho nitro benzene ring substituents is 1. The van der Waals surface area contributed by atoms with Gasteiger partial charge in [0.25, 0.3) is 5.69 Å². The number of nitro benzene ring substituents is 1. The molecule has 0 saturated carbocycles. The van der Waals surface area contributed by atoms with E-state index in [0.29, 0.717) is 23.0 Å². The third kappa shape index (κ3) is 2.73. The highest BCUT2D eigenvalue weighted by atomic mass is 35.5. The standard InChI is InChI=1S/C10H8ClN3O3/c11-9-3-7(14(15)16)1-2-10(9)13-5-8-4-12-6-17-8/h1-4,6,13H,5H2. The molecule has 0 atom stereocenters. The first-order chi connectivity index (χ1) is 8.16. The molecular formula is C10H8ClN3O3. The minimum Gasteiger partial charge on any atom is -0.447 e. The predicted octanol–water partition coefficient (Wildman–Crippen LogP) is 2.85. The molecule has 6 nitrogen and oxygen atoms in total. The molecule has 2 rings (SSSR count). The second-order valence-electron chi connectivity index (χ2n) is 3.24. The normalized spacial score (nSPS) is 10.2. The van der Waals surface area contributed by atoms with Crippen LogP contribution in [0.2, 0.25) is 5.02 Å². The maximum atomic E-state index is 10.5. The Morgan fingerprint density at radius 3 is 2.94 bits per heavy atom. The van der Waals surface area contributed by atoms with Crippen molar-refractivity contribution in [3.63, 3.8) is 0 Å². The summed E-state index contributed by atoms with van der Waals surface area (Å²) >= 11 is 5.90. The molecule has 0 fully saturated rings. The topological polar surface area (TPSA) is 81.2 Å². The molecule has 0 spiro atoms. The predicted molar refractivity (Wildman–Crippen MR) is 61.9 cm³/mol. The average molecular weight is 254 g/mol. The fraction of sp³-hybridized carbons (Fsp3) is 0.100. The van der Waals surface area contributed by atoms with Crippen molar-refractivity contribution in [2.45, 2.75) is 6.54 Å². The number of nitrogens with one attached hydrogen (secondary N) is 1. The van der Waals surface area contributed by atoms with Gasteiger partial charge in [-0.3, -0.25) is 10.1 Å². The summed E-state index contributed by atoms with van der Waals surface area (Å²) < 4.78 is 5.03. The van der Waals surface area contributed by atoms with Crippen molar-refractivity contribution >= 4 is 23.0 Å². The lowest BCUT2D eigenvalue weighted by molar-refractivity contribution is -0.384. The highest BCUT2D eigenvalue weighted by Gasteiger charge is 2.09. The Labute approximate surface area is 101 Å². The molecule has 0 aliphatic heterocycles. The van der Waals surface area contributed by atoms with Gasteiger partial charge in [0.2, 0.25) is 0 Å². The van der Waals surface area contributed by atoms with Crippen molar-refractivity contribution in [2.24, 2.45) is 0 Å². The summed E-state index contributed by atoms with van der Waals surface area (Å²) in [6.07, 6.45) is 2.90. The van der Waals surface area contributed by atoms with Gasteiger partial charge in [0.05, 0.1) is 28.4 Å². The molecule has 7 heteroatoms. The van der Waals surface area contributed by atoms with Crippen LogP contribution in [0.4, 0.5) is 11.4 Å². The highest BCUT2D eigenvalue weighted by Crippen LogP contribution is 2.26. The molecule has 1 heterocycles. The first kappa shape index (κ1) is 11.4. The second-order valence-corrected chi connectivity index (χ2v) is 3.65. The van der Waals surface area contributed by atoms with Crippen LogP contribution >= 0.6 is 11.6 Å². The summed E-state index contributed by atoms with van der Waals surface area (Å²) in [5.74, 6) is 0.652. The first-order valence-corrected chi connectivity index (χ1v) is 5.10. The quantitative estimate of drug-likeness (QED) is 0.669. The molecule has 0 aliphatic carbocycles. The van der Waals surface area contributed by atoms with Crippen molar-refractivity contribution in [1.82, 2.24) is 4.98 Å². The molecule has 17 heavy (non-hydrogen) atoms.